The number of rotatable bonds is 3. The molecule has 0 spiro atoms. The lowest BCUT2D eigenvalue weighted by Gasteiger charge is -2.44. The Kier molecular flexibility index (Phi) is 4.00. The molecule has 130 valence electrons. The zero-order valence-electron chi connectivity index (χ0n) is 14.6. The van der Waals surface area contributed by atoms with Crippen LogP contribution in [0.4, 0.5) is 11.4 Å². The van der Waals surface area contributed by atoms with Crippen LogP contribution in [-0.4, -0.2) is 37.7 Å². The number of hydrogen-bond donors (Lipinski definition) is 0. The molecule has 0 amide bonds. The fraction of sp³-hybridized carbons (Fsp3) is 0.429. The molecular weight excluding hydrogens is 328 g/mol. The predicted octanol–water partition coefficient (Wildman–Crippen LogP) is 4.53. The van der Waals surface area contributed by atoms with E-state index in [1.165, 1.54) is 52.7 Å². The molecule has 0 aromatic heterocycles. The maximum Gasteiger partial charge on any atom is 0.0735 e. The molecule has 0 aliphatic carbocycles. The van der Waals surface area contributed by atoms with Gasteiger partial charge >= 0.3 is 0 Å². The van der Waals surface area contributed by atoms with Crippen molar-refractivity contribution in [1.82, 2.24) is 4.90 Å². The van der Waals surface area contributed by atoms with Crippen LogP contribution in [0.3, 0.4) is 0 Å². The largest absolute Gasteiger partial charge is 0.372 e. The van der Waals surface area contributed by atoms with Gasteiger partial charge in [0.05, 0.1) is 24.1 Å². The van der Waals surface area contributed by atoms with Crippen molar-refractivity contribution < 1.29 is 4.74 Å². The molecule has 4 aliphatic rings. The fourth-order valence-electron chi connectivity index (χ4n) is 4.38. The van der Waals surface area contributed by atoms with E-state index < -0.39 is 0 Å². The zero-order valence-corrected chi connectivity index (χ0v) is 15.5. The van der Waals surface area contributed by atoms with Crippen molar-refractivity contribution in [2.45, 2.75) is 35.3 Å². The summed E-state index contributed by atoms with van der Waals surface area (Å²) in [6.07, 6.45) is 3.05. The van der Waals surface area contributed by atoms with Crippen LogP contribution in [0.1, 0.15) is 18.4 Å². The molecule has 0 N–H and O–H groups in total. The van der Waals surface area contributed by atoms with E-state index in [2.05, 4.69) is 59.3 Å². The summed E-state index contributed by atoms with van der Waals surface area (Å²) < 4.78 is 6.33. The van der Waals surface area contributed by atoms with Crippen LogP contribution < -0.4 is 4.90 Å². The highest BCUT2D eigenvalue weighted by atomic mass is 32.2. The van der Waals surface area contributed by atoms with Crippen LogP contribution in [0.25, 0.3) is 0 Å². The first kappa shape index (κ1) is 15.7. The number of ether oxygens (including phenoxy) is 1. The normalized spacial score (nSPS) is 27.1. The monoisotopic (exact) mass is 352 g/mol. The molecule has 2 bridgehead atoms. The summed E-state index contributed by atoms with van der Waals surface area (Å²) in [5, 5.41) is 0. The number of para-hydroxylation sites is 1. The third kappa shape index (κ3) is 2.86. The number of nitrogens with zero attached hydrogens (tertiary/aromatic N) is 2. The molecule has 6 rings (SSSR count). The van der Waals surface area contributed by atoms with Crippen molar-refractivity contribution in [3.05, 3.63) is 48.0 Å². The highest BCUT2D eigenvalue weighted by Gasteiger charge is 2.34. The molecule has 0 saturated carbocycles. The van der Waals surface area contributed by atoms with Gasteiger partial charge in [0, 0.05) is 23.4 Å². The van der Waals surface area contributed by atoms with Gasteiger partial charge in [-0.15, -0.1) is 0 Å². The predicted molar refractivity (Wildman–Crippen MR) is 103 cm³/mol. The Balaban J connectivity index is 1.32. The molecule has 4 heteroatoms. The lowest BCUT2D eigenvalue weighted by molar-refractivity contribution is -0.0766. The van der Waals surface area contributed by atoms with E-state index in [0.717, 1.165) is 19.1 Å². The first-order chi connectivity index (χ1) is 12.3. The third-order valence-corrected chi connectivity index (χ3v) is 7.00. The van der Waals surface area contributed by atoms with Crippen LogP contribution in [0, 0.1) is 5.92 Å². The summed E-state index contributed by atoms with van der Waals surface area (Å²) in [5.41, 5.74) is 3.86. The molecule has 1 atom stereocenters. The third-order valence-electron chi connectivity index (χ3n) is 5.89. The van der Waals surface area contributed by atoms with E-state index in [1.807, 2.05) is 11.8 Å². The molecule has 4 aliphatic heterocycles. The van der Waals surface area contributed by atoms with Crippen LogP contribution in [0.2, 0.25) is 0 Å². The second-order valence-electron chi connectivity index (χ2n) is 7.42. The molecule has 3 nitrogen and oxygen atoms in total. The van der Waals surface area contributed by atoms with Gasteiger partial charge in [-0.25, -0.2) is 0 Å². The summed E-state index contributed by atoms with van der Waals surface area (Å²) in [6, 6.07) is 15.4. The quantitative estimate of drug-likeness (QED) is 0.806. The smallest absolute Gasteiger partial charge is 0.0735 e. The summed E-state index contributed by atoms with van der Waals surface area (Å²) in [6.45, 7) is 4.40. The average Bonchev–Trinajstić information content (AvgIpc) is 2.67. The number of fused-ring (bicyclic) bond motifs is 5. The molecule has 0 radical (unpaired) electrons. The van der Waals surface area contributed by atoms with E-state index >= 15 is 0 Å². The highest BCUT2D eigenvalue weighted by molar-refractivity contribution is 7.99. The summed E-state index contributed by atoms with van der Waals surface area (Å²) >= 11 is 1.87. The van der Waals surface area contributed by atoms with Gasteiger partial charge in [-0.1, -0.05) is 30.0 Å². The number of anilines is 2. The molecular formula is C21H24N2OS. The maximum atomic E-state index is 6.33. The van der Waals surface area contributed by atoms with E-state index in [9.17, 15) is 0 Å². The van der Waals surface area contributed by atoms with E-state index in [0.29, 0.717) is 6.10 Å². The second kappa shape index (κ2) is 6.35. The minimum Gasteiger partial charge on any atom is -0.372 e. The highest BCUT2D eigenvalue weighted by Crippen LogP contribution is 2.47. The van der Waals surface area contributed by atoms with Crippen molar-refractivity contribution in [2.75, 3.05) is 31.6 Å². The SMILES string of the molecule is CN1c2ccccc2Sc2cc(CO[C@@H]3CN4CCC3CC4)ccc21. The number of piperidine rings is 3. The van der Waals surface area contributed by atoms with Crippen molar-refractivity contribution in [3.8, 4) is 0 Å². The first-order valence-corrected chi connectivity index (χ1v) is 10.1. The molecule has 3 fully saturated rings. The molecule has 4 heterocycles. The van der Waals surface area contributed by atoms with Crippen molar-refractivity contribution >= 4 is 23.1 Å². The van der Waals surface area contributed by atoms with Crippen LogP contribution in [0.15, 0.2) is 52.3 Å². The molecule has 2 aromatic rings. The van der Waals surface area contributed by atoms with Gasteiger partial charge in [0.25, 0.3) is 0 Å². The van der Waals surface area contributed by atoms with Crippen LogP contribution in [0.5, 0.6) is 0 Å². The minimum atomic E-state index is 0.426. The van der Waals surface area contributed by atoms with E-state index in [1.54, 1.807) is 0 Å². The standard InChI is InChI=1S/C21H24N2OS/c1-22-17-4-2-3-5-20(17)25-21-12-15(6-7-18(21)22)14-24-19-13-23-10-8-16(19)9-11-23/h2-7,12,16,19H,8-11,13-14H2,1H3/t19-/m1/s1. The van der Waals surface area contributed by atoms with E-state index in [4.69, 9.17) is 4.74 Å². The maximum absolute atomic E-state index is 6.33. The average molecular weight is 353 g/mol. The first-order valence-electron chi connectivity index (χ1n) is 9.25. The van der Waals surface area contributed by atoms with Gasteiger partial charge in [0.1, 0.15) is 0 Å². The van der Waals surface area contributed by atoms with Gasteiger partial charge in [-0.3, -0.25) is 0 Å². The van der Waals surface area contributed by atoms with Crippen LogP contribution >= 0.6 is 11.8 Å². The second-order valence-corrected chi connectivity index (χ2v) is 8.50. The van der Waals surface area contributed by atoms with Crippen molar-refractivity contribution in [1.29, 1.82) is 0 Å². The molecule has 3 saturated heterocycles. The Hall–Kier alpha value is -1.49. The lowest BCUT2D eigenvalue weighted by atomic mass is 9.86. The van der Waals surface area contributed by atoms with Gasteiger partial charge < -0.3 is 14.5 Å². The Bertz CT molecular complexity index is 785. The molecule has 2 aromatic carbocycles. The topological polar surface area (TPSA) is 15.7 Å². The van der Waals surface area contributed by atoms with Gasteiger partial charge in [0.15, 0.2) is 0 Å². The minimum absolute atomic E-state index is 0.426. The Morgan fingerprint density at radius 2 is 1.84 bits per heavy atom. The Morgan fingerprint density at radius 3 is 2.64 bits per heavy atom. The lowest BCUT2D eigenvalue weighted by Crippen LogP contribution is -2.51. The Morgan fingerprint density at radius 1 is 1.04 bits per heavy atom. The van der Waals surface area contributed by atoms with Gasteiger partial charge in [-0.05, 0) is 61.7 Å². The molecule has 25 heavy (non-hydrogen) atoms. The summed E-state index contributed by atoms with van der Waals surface area (Å²) in [5.74, 6) is 0.773. The fourth-order valence-corrected chi connectivity index (χ4v) is 5.59. The van der Waals surface area contributed by atoms with Crippen molar-refractivity contribution in [3.63, 3.8) is 0 Å². The zero-order chi connectivity index (χ0) is 16.8. The van der Waals surface area contributed by atoms with Gasteiger partial charge in [-0.2, -0.15) is 0 Å². The van der Waals surface area contributed by atoms with Crippen molar-refractivity contribution in [2.24, 2.45) is 5.92 Å². The van der Waals surface area contributed by atoms with Crippen LogP contribution in [-0.2, 0) is 11.3 Å². The Labute approximate surface area is 154 Å². The number of hydrogen-bond acceptors (Lipinski definition) is 4. The molecule has 0 unspecified atom stereocenters. The van der Waals surface area contributed by atoms with E-state index in [-0.39, 0.29) is 0 Å². The number of benzene rings is 2. The summed E-state index contributed by atoms with van der Waals surface area (Å²) in [7, 11) is 2.15. The van der Waals surface area contributed by atoms with Gasteiger partial charge in [0.2, 0.25) is 0 Å². The summed E-state index contributed by atoms with van der Waals surface area (Å²) in [4.78, 5) is 7.50.